The maximum atomic E-state index is 14.0. The third-order valence-electron chi connectivity index (χ3n) is 3.49. The third kappa shape index (κ3) is 1.80. The Bertz CT molecular complexity index is 385. The molecule has 0 saturated carbocycles. The van der Waals surface area contributed by atoms with Crippen molar-refractivity contribution in [2.45, 2.75) is 37.4 Å². The van der Waals surface area contributed by atoms with Crippen LogP contribution >= 0.6 is 0 Å². The first-order chi connectivity index (χ1) is 8.07. The van der Waals surface area contributed by atoms with E-state index in [0.29, 0.717) is 10.8 Å². The standard InChI is InChI=1S/C11H14F3N3/c12-11(13)4-3-7-9(6-11)17(14)10(16-7)8-2-1-5-15-8/h3-4,8,10,15-16H,1-2,5-6H2/t8-,10?/m0/s1. The van der Waals surface area contributed by atoms with E-state index in [1.54, 1.807) is 0 Å². The maximum Gasteiger partial charge on any atom is 0.272 e. The summed E-state index contributed by atoms with van der Waals surface area (Å²) in [4.78, 5) is 0. The van der Waals surface area contributed by atoms with Crippen LogP contribution in [0, 0.1) is 0 Å². The van der Waals surface area contributed by atoms with Crippen molar-refractivity contribution in [1.82, 2.24) is 15.8 Å². The van der Waals surface area contributed by atoms with E-state index < -0.39 is 18.5 Å². The zero-order valence-electron chi connectivity index (χ0n) is 9.22. The normalized spacial score (nSPS) is 35.1. The number of hydrogen-bond donors (Lipinski definition) is 2. The van der Waals surface area contributed by atoms with Gasteiger partial charge in [0.05, 0.1) is 17.8 Å². The Morgan fingerprint density at radius 1 is 1.41 bits per heavy atom. The molecule has 0 amide bonds. The van der Waals surface area contributed by atoms with Crippen LogP contribution in [0.5, 0.6) is 0 Å². The van der Waals surface area contributed by atoms with Crippen LogP contribution in [-0.2, 0) is 0 Å². The quantitative estimate of drug-likeness (QED) is 0.688. The summed E-state index contributed by atoms with van der Waals surface area (Å²) in [5, 5.41) is 6.62. The molecule has 0 aromatic carbocycles. The number of allylic oxidation sites excluding steroid dienone is 3. The van der Waals surface area contributed by atoms with Gasteiger partial charge in [0.15, 0.2) is 0 Å². The first-order valence-corrected chi connectivity index (χ1v) is 5.82. The van der Waals surface area contributed by atoms with Crippen LogP contribution in [0.3, 0.4) is 0 Å². The topological polar surface area (TPSA) is 27.3 Å². The highest BCUT2D eigenvalue weighted by Crippen LogP contribution is 2.37. The summed E-state index contributed by atoms with van der Waals surface area (Å²) in [7, 11) is 0. The van der Waals surface area contributed by atoms with E-state index in [1.165, 1.54) is 6.08 Å². The molecule has 2 atom stereocenters. The van der Waals surface area contributed by atoms with Crippen LogP contribution in [0.15, 0.2) is 23.5 Å². The highest BCUT2D eigenvalue weighted by Gasteiger charge is 2.43. The predicted octanol–water partition coefficient (Wildman–Crippen LogP) is 1.66. The summed E-state index contributed by atoms with van der Waals surface area (Å²) in [5.41, 5.74) is 0.549. The molecule has 6 heteroatoms. The van der Waals surface area contributed by atoms with E-state index in [9.17, 15) is 13.3 Å². The molecular formula is C11H14F3N3. The minimum atomic E-state index is -2.94. The van der Waals surface area contributed by atoms with Gasteiger partial charge in [-0.1, -0.05) is 4.48 Å². The van der Waals surface area contributed by atoms with E-state index in [2.05, 4.69) is 10.6 Å². The van der Waals surface area contributed by atoms with Gasteiger partial charge in [0.2, 0.25) is 0 Å². The van der Waals surface area contributed by atoms with E-state index >= 15 is 0 Å². The molecule has 1 saturated heterocycles. The largest absolute Gasteiger partial charge is 0.360 e. The lowest BCUT2D eigenvalue weighted by Gasteiger charge is -2.26. The van der Waals surface area contributed by atoms with E-state index in [1.807, 2.05) is 0 Å². The van der Waals surface area contributed by atoms with E-state index in [-0.39, 0.29) is 11.7 Å². The van der Waals surface area contributed by atoms with Crippen LogP contribution in [0.25, 0.3) is 0 Å². The summed E-state index contributed by atoms with van der Waals surface area (Å²) < 4.78 is 40.3. The monoisotopic (exact) mass is 245 g/mol. The number of rotatable bonds is 1. The second-order valence-electron chi connectivity index (χ2n) is 4.73. The lowest BCUT2D eigenvalue weighted by molar-refractivity contribution is -0.0164. The fourth-order valence-electron chi connectivity index (χ4n) is 2.62. The van der Waals surface area contributed by atoms with Crippen molar-refractivity contribution in [2.75, 3.05) is 6.54 Å². The Labute approximate surface area is 97.3 Å². The number of alkyl halides is 2. The lowest BCUT2D eigenvalue weighted by atomic mass is 10.1. The molecule has 3 nitrogen and oxygen atoms in total. The van der Waals surface area contributed by atoms with Crippen LogP contribution in [0.2, 0.25) is 0 Å². The minimum Gasteiger partial charge on any atom is -0.360 e. The summed E-state index contributed by atoms with van der Waals surface area (Å²) in [5.74, 6) is -2.94. The van der Waals surface area contributed by atoms with Crippen molar-refractivity contribution in [3.05, 3.63) is 23.5 Å². The Morgan fingerprint density at radius 2 is 2.24 bits per heavy atom. The van der Waals surface area contributed by atoms with Crippen molar-refractivity contribution in [3.63, 3.8) is 0 Å². The first kappa shape index (κ1) is 11.0. The molecule has 0 aromatic rings. The number of halogens is 3. The zero-order valence-corrected chi connectivity index (χ0v) is 9.22. The van der Waals surface area contributed by atoms with Gasteiger partial charge in [0.1, 0.15) is 6.17 Å². The average Bonchev–Trinajstić information content (AvgIpc) is 2.87. The fourth-order valence-corrected chi connectivity index (χ4v) is 2.62. The number of nitrogens with zero attached hydrogens (tertiary/aromatic N) is 1. The van der Waals surface area contributed by atoms with Crippen molar-refractivity contribution < 1.29 is 13.3 Å². The SMILES string of the molecule is FN1C2=C(C=CC(F)(F)C2)NC1[C@@H]1CCCN1. The van der Waals surface area contributed by atoms with Gasteiger partial charge in [0, 0.05) is 6.04 Å². The number of nitrogens with one attached hydrogen (secondary N) is 2. The first-order valence-electron chi connectivity index (χ1n) is 5.82. The fraction of sp³-hybridized carbons (Fsp3) is 0.636. The van der Waals surface area contributed by atoms with Crippen LogP contribution in [-0.4, -0.2) is 29.8 Å². The van der Waals surface area contributed by atoms with Gasteiger partial charge in [-0.15, -0.1) is 0 Å². The Balaban J connectivity index is 1.78. The molecule has 2 aliphatic heterocycles. The highest BCUT2D eigenvalue weighted by atomic mass is 19.3. The third-order valence-corrected chi connectivity index (χ3v) is 3.49. The second-order valence-corrected chi connectivity index (χ2v) is 4.73. The summed E-state index contributed by atoms with van der Waals surface area (Å²) in [6.07, 6.45) is 2.84. The molecule has 0 aromatic heterocycles. The van der Waals surface area contributed by atoms with E-state index in [0.717, 1.165) is 25.5 Å². The molecule has 1 fully saturated rings. The van der Waals surface area contributed by atoms with Crippen molar-refractivity contribution >= 4 is 0 Å². The van der Waals surface area contributed by atoms with Gasteiger partial charge in [-0.3, -0.25) is 0 Å². The molecule has 1 unspecified atom stereocenters. The Morgan fingerprint density at radius 3 is 2.94 bits per heavy atom. The van der Waals surface area contributed by atoms with Crippen LogP contribution in [0.4, 0.5) is 13.3 Å². The van der Waals surface area contributed by atoms with Crippen molar-refractivity contribution in [3.8, 4) is 0 Å². The molecule has 1 aliphatic carbocycles. The summed E-state index contributed by atoms with van der Waals surface area (Å²) >= 11 is 0. The van der Waals surface area contributed by atoms with Crippen molar-refractivity contribution in [2.24, 2.45) is 0 Å². The highest BCUT2D eigenvalue weighted by molar-refractivity contribution is 5.34. The maximum absolute atomic E-state index is 14.0. The number of hydrogen-bond acceptors (Lipinski definition) is 3. The van der Waals surface area contributed by atoms with Gasteiger partial charge >= 0.3 is 0 Å². The van der Waals surface area contributed by atoms with Gasteiger partial charge in [-0.05, 0) is 31.5 Å². The molecule has 0 bridgehead atoms. The van der Waals surface area contributed by atoms with Gasteiger partial charge in [-0.25, -0.2) is 8.78 Å². The average molecular weight is 245 g/mol. The summed E-state index contributed by atoms with van der Waals surface area (Å²) in [6.45, 7) is 0.855. The molecule has 3 aliphatic rings. The Hall–Kier alpha value is -1.17. The van der Waals surface area contributed by atoms with Crippen LogP contribution in [0.1, 0.15) is 19.3 Å². The molecule has 0 spiro atoms. The minimum absolute atomic E-state index is 0.0207. The molecule has 0 radical (unpaired) electrons. The molecule has 17 heavy (non-hydrogen) atoms. The lowest BCUT2D eigenvalue weighted by Crippen LogP contribution is -2.47. The van der Waals surface area contributed by atoms with Crippen LogP contribution < -0.4 is 10.6 Å². The van der Waals surface area contributed by atoms with Gasteiger partial charge in [-0.2, -0.15) is 5.12 Å². The Kier molecular flexibility index (Phi) is 2.36. The molecule has 3 rings (SSSR count). The summed E-state index contributed by atoms with van der Waals surface area (Å²) in [6, 6.07) is -0.0207. The molecule has 2 heterocycles. The molecular weight excluding hydrogens is 231 g/mol. The second kappa shape index (κ2) is 3.66. The smallest absolute Gasteiger partial charge is 0.272 e. The van der Waals surface area contributed by atoms with Crippen molar-refractivity contribution in [1.29, 1.82) is 0 Å². The molecule has 2 N–H and O–H groups in total. The van der Waals surface area contributed by atoms with Gasteiger partial charge < -0.3 is 10.6 Å². The van der Waals surface area contributed by atoms with E-state index in [4.69, 9.17) is 0 Å². The predicted molar refractivity (Wildman–Crippen MR) is 56.6 cm³/mol. The van der Waals surface area contributed by atoms with Gasteiger partial charge in [0.25, 0.3) is 5.92 Å². The zero-order chi connectivity index (χ0) is 12.0. The molecule has 94 valence electrons.